The summed E-state index contributed by atoms with van der Waals surface area (Å²) in [7, 11) is 0. The summed E-state index contributed by atoms with van der Waals surface area (Å²) in [5, 5.41) is 22.0. The number of aryl methyl sites for hydroxylation is 4. The molecule has 0 atom stereocenters. The maximum Gasteiger partial charge on any atom is 0.122 e. The molecule has 0 saturated heterocycles. The molecule has 0 spiro atoms. The minimum Gasteiger partial charge on any atom is -0.507 e. The molecule has 2 aromatic rings. The number of hydrogen-bond acceptors (Lipinski definition) is 2. The van der Waals surface area contributed by atoms with Gasteiger partial charge in [-0.1, -0.05) is 93.5 Å². The van der Waals surface area contributed by atoms with E-state index < -0.39 is 0 Å². The van der Waals surface area contributed by atoms with E-state index in [4.69, 9.17) is 0 Å². The minimum absolute atomic E-state index is 0.0749. The number of rotatable bonds is 11. The van der Waals surface area contributed by atoms with Crippen molar-refractivity contribution in [1.29, 1.82) is 0 Å². The first kappa shape index (κ1) is 30.3. The Balaban J connectivity index is 2.17. The van der Waals surface area contributed by atoms with Crippen molar-refractivity contribution in [2.24, 2.45) is 11.8 Å². The molecule has 0 aliphatic carbocycles. The van der Waals surface area contributed by atoms with Gasteiger partial charge < -0.3 is 10.2 Å². The van der Waals surface area contributed by atoms with Crippen molar-refractivity contribution in [3.8, 4) is 11.5 Å². The lowest BCUT2D eigenvalue weighted by Crippen LogP contribution is -2.13. The van der Waals surface area contributed by atoms with Gasteiger partial charge >= 0.3 is 0 Å². The summed E-state index contributed by atoms with van der Waals surface area (Å²) in [5.74, 6) is 2.25. The maximum atomic E-state index is 11.0. The molecule has 0 fully saturated rings. The van der Waals surface area contributed by atoms with Crippen LogP contribution < -0.4 is 0 Å². The van der Waals surface area contributed by atoms with Crippen LogP contribution in [0.3, 0.4) is 0 Å². The second-order valence-electron chi connectivity index (χ2n) is 13.9. The molecule has 0 aliphatic rings. The average molecular weight is 495 g/mol. The summed E-state index contributed by atoms with van der Waals surface area (Å²) >= 11 is 0. The number of benzene rings is 2. The standard InChI is InChI=1S/C34H54O2/c1-23(2)15-17-27-19-25(21-29(31(27)35)33(5,6)7)13-11-12-14-26-20-28(18-16-24(3)4)32(36)30(22-26)34(8,9)10/h19-24,35-36H,11-18H2,1-10H3. The van der Waals surface area contributed by atoms with Crippen molar-refractivity contribution < 1.29 is 10.2 Å². The Kier molecular flexibility index (Phi) is 10.5. The van der Waals surface area contributed by atoms with Crippen LogP contribution in [-0.2, 0) is 36.5 Å². The molecule has 0 aromatic heterocycles. The van der Waals surface area contributed by atoms with Crippen LogP contribution in [0.2, 0.25) is 0 Å². The van der Waals surface area contributed by atoms with Gasteiger partial charge in [-0.2, -0.15) is 0 Å². The SMILES string of the molecule is CC(C)CCc1cc(CCCCc2cc(CCC(C)C)c(O)c(C(C)(C)C)c2)cc(C(C)(C)C)c1O. The molecule has 202 valence electrons. The lowest BCUT2D eigenvalue weighted by Gasteiger charge is -2.24. The van der Waals surface area contributed by atoms with Crippen molar-refractivity contribution in [3.05, 3.63) is 57.6 Å². The van der Waals surface area contributed by atoms with Crippen molar-refractivity contribution in [2.45, 2.75) is 131 Å². The Labute approximate surface area is 222 Å². The first-order chi connectivity index (χ1) is 16.6. The van der Waals surface area contributed by atoms with E-state index in [2.05, 4.69) is 93.5 Å². The zero-order valence-electron chi connectivity index (χ0n) is 25.0. The second-order valence-corrected chi connectivity index (χ2v) is 13.9. The normalized spacial score (nSPS) is 12.7. The summed E-state index contributed by atoms with van der Waals surface area (Å²) in [4.78, 5) is 0. The minimum atomic E-state index is -0.0749. The fraction of sp³-hybridized carbons (Fsp3) is 0.647. The van der Waals surface area contributed by atoms with Crippen molar-refractivity contribution in [2.75, 3.05) is 0 Å². The van der Waals surface area contributed by atoms with Gasteiger partial charge in [0.2, 0.25) is 0 Å². The molecule has 2 rings (SSSR count). The van der Waals surface area contributed by atoms with Crippen LogP contribution in [0.1, 0.15) is 128 Å². The molecule has 2 N–H and O–H groups in total. The Morgan fingerprint density at radius 3 is 1.17 bits per heavy atom. The van der Waals surface area contributed by atoms with Gasteiger partial charge in [0.15, 0.2) is 0 Å². The van der Waals surface area contributed by atoms with E-state index in [-0.39, 0.29) is 10.8 Å². The molecule has 0 radical (unpaired) electrons. The van der Waals surface area contributed by atoms with Crippen LogP contribution in [0.5, 0.6) is 11.5 Å². The topological polar surface area (TPSA) is 40.5 Å². The van der Waals surface area contributed by atoms with Crippen LogP contribution in [0.4, 0.5) is 0 Å². The zero-order chi connectivity index (χ0) is 27.3. The Hall–Kier alpha value is -1.96. The summed E-state index contributed by atoms with van der Waals surface area (Å²) in [5.41, 5.74) is 6.89. The molecule has 0 saturated carbocycles. The van der Waals surface area contributed by atoms with Gasteiger partial charge in [0, 0.05) is 0 Å². The fourth-order valence-electron chi connectivity index (χ4n) is 4.88. The average Bonchev–Trinajstić information content (AvgIpc) is 2.74. The molecule has 0 aliphatic heterocycles. The van der Waals surface area contributed by atoms with Gasteiger partial charge in [-0.15, -0.1) is 0 Å². The van der Waals surface area contributed by atoms with E-state index in [0.29, 0.717) is 23.3 Å². The third kappa shape index (κ3) is 8.86. The molecule has 2 heteroatoms. The first-order valence-corrected chi connectivity index (χ1v) is 14.3. The largest absolute Gasteiger partial charge is 0.507 e. The molecule has 0 bridgehead atoms. The van der Waals surface area contributed by atoms with Gasteiger partial charge in [-0.05, 0) is 107 Å². The summed E-state index contributed by atoms with van der Waals surface area (Å²) in [6.45, 7) is 22.1. The Morgan fingerprint density at radius 1 is 0.556 bits per heavy atom. The van der Waals surface area contributed by atoms with Crippen LogP contribution >= 0.6 is 0 Å². The van der Waals surface area contributed by atoms with Gasteiger partial charge in [0.05, 0.1) is 0 Å². The lowest BCUT2D eigenvalue weighted by molar-refractivity contribution is 0.435. The van der Waals surface area contributed by atoms with E-state index in [1.165, 1.54) is 11.1 Å². The van der Waals surface area contributed by atoms with E-state index in [0.717, 1.165) is 73.6 Å². The summed E-state index contributed by atoms with van der Waals surface area (Å²) < 4.78 is 0. The molecule has 0 unspecified atom stereocenters. The predicted octanol–water partition coefficient (Wildman–Crippen LogP) is 9.44. The summed E-state index contributed by atoms with van der Waals surface area (Å²) in [6.07, 6.45) is 8.35. The van der Waals surface area contributed by atoms with E-state index in [1.807, 2.05) is 0 Å². The smallest absolute Gasteiger partial charge is 0.122 e. The van der Waals surface area contributed by atoms with E-state index in [9.17, 15) is 10.2 Å². The fourth-order valence-corrected chi connectivity index (χ4v) is 4.88. The highest BCUT2D eigenvalue weighted by Gasteiger charge is 2.23. The van der Waals surface area contributed by atoms with Crippen LogP contribution in [0.15, 0.2) is 24.3 Å². The number of unbranched alkanes of at least 4 members (excludes halogenated alkanes) is 1. The second kappa shape index (κ2) is 12.5. The first-order valence-electron chi connectivity index (χ1n) is 14.3. The zero-order valence-corrected chi connectivity index (χ0v) is 25.0. The summed E-state index contributed by atoms with van der Waals surface area (Å²) in [6, 6.07) is 8.96. The van der Waals surface area contributed by atoms with Gasteiger partial charge in [0.1, 0.15) is 11.5 Å². The highest BCUT2D eigenvalue weighted by Crippen LogP contribution is 2.37. The highest BCUT2D eigenvalue weighted by molar-refractivity contribution is 5.48. The van der Waals surface area contributed by atoms with Crippen LogP contribution in [-0.4, -0.2) is 10.2 Å². The number of hydrogen-bond donors (Lipinski definition) is 2. The van der Waals surface area contributed by atoms with Gasteiger partial charge in [-0.3, -0.25) is 0 Å². The van der Waals surface area contributed by atoms with Crippen LogP contribution in [0.25, 0.3) is 0 Å². The Morgan fingerprint density at radius 2 is 0.889 bits per heavy atom. The third-order valence-corrected chi connectivity index (χ3v) is 7.28. The van der Waals surface area contributed by atoms with Crippen molar-refractivity contribution >= 4 is 0 Å². The lowest BCUT2D eigenvalue weighted by atomic mass is 9.82. The number of aromatic hydroxyl groups is 2. The predicted molar refractivity (Wildman–Crippen MR) is 157 cm³/mol. The Bertz CT molecular complexity index is 902. The highest BCUT2D eigenvalue weighted by atomic mass is 16.3. The van der Waals surface area contributed by atoms with Crippen molar-refractivity contribution in [1.82, 2.24) is 0 Å². The maximum absolute atomic E-state index is 11.0. The molecular formula is C34H54O2. The number of phenolic OH excluding ortho intramolecular Hbond substituents is 2. The van der Waals surface area contributed by atoms with E-state index >= 15 is 0 Å². The molecule has 0 heterocycles. The number of phenols is 2. The third-order valence-electron chi connectivity index (χ3n) is 7.28. The molecule has 36 heavy (non-hydrogen) atoms. The van der Waals surface area contributed by atoms with E-state index in [1.54, 1.807) is 0 Å². The van der Waals surface area contributed by atoms with Gasteiger partial charge in [0.25, 0.3) is 0 Å². The van der Waals surface area contributed by atoms with Gasteiger partial charge in [-0.25, -0.2) is 0 Å². The van der Waals surface area contributed by atoms with Crippen LogP contribution in [0, 0.1) is 11.8 Å². The molecule has 2 aromatic carbocycles. The molecule has 0 amide bonds. The molecule has 2 nitrogen and oxygen atoms in total. The molecular weight excluding hydrogens is 440 g/mol. The quantitative estimate of drug-likeness (QED) is 0.305. The van der Waals surface area contributed by atoms with Crippen molar-refractivity contribution in [3.63, 3.8) is 0 Å². The monoisotopic (exact) mass is 494 g/mol.